The van der Waals surface area contributed by atoms with Crippen molar-refractivity contribution in [2.45, 2.75) is 51.7 Å². The Labute approximate surface area is 129 Å². The van der Waals surface area contributed by atoms with Gasteiger partial charge in [0.15, 0.2) is 0 Å². The highest BCUT2D eigenvalue weighted by atomic mass is 32.1. The molecule has 0 bridgehead atoms. The van der Waals surface area contributed by atoms with E-state index in [2.05, 4.69) is 31.0 Å². The number of thiazole rings is 1. The summed E-state index contributed by atoms with van der Waals surface area (Å²) in [7, 11) is 0. The molecule has 21 heavy (non-hydrogen) atoms. The van der Waals surface area contributed by atoms with Crippen molar-refractivity contribution in [1.29, 1.82) is 0 Å². The van der Waals surface area contributed by atoms with Gasteiger partial charge in [-0.3, -0.25) is 0 Å². The van der Waals surface area contributed by atoms with Crippen LogP contribution in [0.3, 0.4) is 0 Å². The van der Waals surface area contributed by atoms with Gasteiger partial charge >= 0.3 is 0 Å². The lowest BCUT2D eigenvalue weighted by Gasteiger charge is -2.08. The number of aliphatic hydroxyl groups is 1. The summed E-state index contributed by atoms with van der Waals surface area (Å²) in [6.45, 7) is 4.92. The van der Waals surface area contributed by atoms with Crippen LogP contribution in [-0.4, -0.2) is 10.1 Å². The average molecular weight is 303 g/mol. The zero-order chi connectivity index (χ0) is 14.8. The minimum Gasteiger partial charge on any atom is -0.486 e. The predicted molar refractivity (Wildman–Crippen MR) is 84.9 cm³/mol. The summed E-state index contributed by atoms with van der Waals surface area (Å²) in [6.07, 6.45) is 2.40. The van der Waals surface area contributed by atoms with Gasteiger partial charge in [-0.2, -0.15) is 0 Å². The van der Waals surface area contributed by atoms with Crippen molar-refractivity contribution in [3.8, 4) is 5.75 Å². The first kappa shape index (κ1) is 14.5. The van der Waals surface area contributed by atoms with Gasteiger partial charge < -0.3 is 9.84 Å². The number of nitrogens with zero attached hydrogens (tertiary/aromatic N) is 1. The fourth-order valence-corrected chi connectivity index (χ4v) is 3.30. The third kappa shape index (κ3) is 3.44. The highest BCUT2D eigenvalue weighted by Crippen LogP contribution is 2.42. The molecule has 2 aromatic rings. The highest BCUT2D eigenvalue weighted by molar-refractivity contribution is 7.11. The van der Waals surface area contributed by atoms with E-state index >= 15 is 0 Å². The summed E-state index contributed by atoms with van der Waals surface area (Å²) >= 11 is 1.57. The van der Waals surface area contributed by atoms with E-state index < -0.39 is 0 Å². The Balaban J connectivity index is 1.68. The van der Waals surface area contributed by atoms with Crippen molar-refractivity contribution in [2.75, 3.05) is 0 Å². The van der Waals surface area contributed by atoms with Gasteiger partial charge in [-0.1, -0.05) is 26.0 Å². The molecule has 112 valence electrons. The number of ether oxygens (including phenoxy) is 1. The second-order valence-electron chi connectivity index (χ2n) is 5.86. The summed E-state index contributed by atoms with van der Waals surface area (Å²) < 4.78 is 5.86. The quantitative estimate of drug-likeness (QED) is 0.869. The Morgan fingerprint density at radius 3 is 2.86 bits per heavy atom. The van der Waals surface area contributed by atoms with Gasteiger partial charge in [0.05, 0.1) is 17.2 Å². The van der Waals surface area contributed by atoms with Crippen LogP contribution in [0.5, 0.6) is 5.75 Å². The topological polar surface area (TPSA) is 42.4 Å². The van der Waals surface area contributed by atoms with Crippen LogP contribution in [0.25, 0.3) is 0 Å². The minimum absolute atomic E-state index is 0.0896. The summed E-state index contributed by atoms with van der Waals surface area (Å²) in [4.78, 5) is 5.66. The van der Waals surface area contributed by atoms with E-state index in [1.807, 2.05) is 12.1 Å². The molecular formula is C17H21NO2S. The molecule has 1 aliphatic rings. The van der Waals surface area contributed by atoms with E-state index in [1.165, 1.54) is 18.4 Å². The number of hydrogen-bond donors (Lipinski definition) is 1. The molecule has 0 spiro atoms. The van der Waals surface area contributed by atoms with E-state index in [0.717, 1.165) is 21.3 Å². The Bertz CT molecular complexity index is 617. The molecule has 1 heterocycles. The normalized spacial score (nSPS) is 14.7. The van der Waals surface area contributed by atoms with Crippen LogP contribution in [-0.2, 0) is 13.2 Å². The molecule has 1 N–H and O–H groups in total. The summed E-state index contributed by atoms with van der Waals surface area (Å²) in [5.74, 6) is 1.95. The lowest BCUT2D eigenvalue weighted by Crippen LogP contribution is -1.96. The SMILES string of the molecule is CC(C)c1cccc(OCc2nc(C3CC3)c(CO)s2)c1. The van der Waals surface area contributed by atoms with Crippen LogP contribution in [0.2, 0.25) is 0 Å². The second-order valence-corrected chi connectivity index (χ2v) is 7.03. The van der Waals surface area contributed by atoms with E-state index in [4.69, 9.17) is 4.74 Å². The van der Waals surface area contributed by atoms with Gasteiger partial charge in [0, 0.05) is 5.92 Å². The van der Waals surface area contributed by atoms with Crippen LogP contribution >= 0.6 is 11.3 Å². The fraction of sp³-hybridized carbons (Fsp3) is 0.471. The van der Waals surface area contributed by atoms with Crippen molar-refractivity contribution in [3.63, 3.8) is 0 Å². The lowest BCUT2D eigenvalue weighted by atomic mass is 10.0. The Morgan fingerprint density at radius 2 is 2.19 bits per heavy atom. The third-order valence-electron chi connectivity index (χ3n) is 3.77. The van der Waals surface area contributed by atoms with Crippen molar-refractivity contribution in [3.05, 3.63) is 45.4 Å². The van der Waals surface area contributed by atoms with Crippen molar-refractivity contribution < 1.29 is 9.84 Å². The summed E-state index contributed by atoms with van der Waals surface area (Å²) in [5, 5.41) is 10.4. The number of rotatable bonds is 6. The number of aromatic nitrogens is 1. The molecule has 4 heteroatoms. The smallest absolute Gasteiger partial charge is 0.140 e. The standard InChI is InChI=1S/C17H21NO2S/c1-11(2)13-4-3-5-14(8-13)20-10-16-18-17(12-6-7-12)15(9-19)21-16/h3-5,8,11-12,19H,6-7,9-10H2,1-2H3. The molecule has 0 atom stereocenters. The van der Waals surface area contributed by atoms with Crippen LogP contribution in [0.15, 0.2) is 24.3 Å². The van der Waals surface area contributed by atoms with E-state index in [-0.39, 0.29) is 6.61 Å². The molecule has 0 saturated heterocycles. The molecule has 0 unspecified atom stereocenters. The molecule has 0 amide bonds. The molecule has 1 aromatic heterocycles. The number of hydrogen-bond acceptors (Lipinski definition) is 4. The van der Waals surface area contributed by atoms with Crippen LogP contribution in [0.1, 0.15) is 59.7 Å². The Morgan fingerprint density at radius 1 is 1.38 bits per heavy atom. The molecule has 1 aromatic carbocycles. The monoisotopic (exact) mass is 303 g/mol. The van der Waals surface area contributed by atoms with Crippen LogP contribution < -0.4 is 4.74 Å². The minimum atomic E-state index is 0.0896. The first-order valence-corrected chi connectivity index (χ1v) is 8.31. The summed E-state index contributed by atoms with van der Waals surface area (Å²) in [6, 6.07) is 8.22. The molecule has 1 saturated carbocycles. The van der Waals surface area contributed by atoms with Gasteiger partial charge in [0.2, 0.25) is 0 Å². The second kappa shape index (κ2) is 6.16. The van der Waals surface area contributed by atoms with Gasteiger partial charge in [-0.15, -0.1) is 11.3 Å². The zero-order valence-electron chi connectivity index (χ0n) is 12.5. The Kier molecular flexibility index (Phi) is 4.27. The van der Waals surface area contributed by atoms with Gasteiger partial charge in [-0.05, 0) is 36.5 Å². The summed E-state index contributed by atoms with van der Waals surface area (Å²) in [5.41, 5.74) is 2.37. The maximum absolute atomic E-state index is 9.42. The predicted octanol–water partition coefficient (Wildman–Crippen LogP) is 4.22. The molecule has 1 aliphatic carbocycles. The van der Waals surface area contributed by atoms with Gasteiger partial charge in [0.25, 0.3) is 0 Å². The first-order valence-electron chi connectivity index (χ1n) is 7.49. The molecule has 3 rings (SSSR count). The van der Waals surface area contributed by atoms with E-state index in [0.29, 0.717) is 18.4 Å². The van der Waals surface area contributed by atoms with Gasteiger partial charge in [-0.25, -0.2) is 4.98 Å². The molecule has 3 nitrogen and oxygen atoms in total. The van der Waals surface area contributed by atoms with E-state index in [1.54, 1.807) is 11.3 Å². The third-order valence-corrected chi connectivity index (χ3v) is 4.80. The highest BCUT2D eigenvalue weighted by Gasteiger charge is 2.29. The van der Waals surface area contributed by atoms with Gasteiger partial charge in [0.1, 0.15) is 17.4 Å². The maximum atomic E-state index is 9.42. The molecule has 1 fully saturated rings. The maximum Gasteiger partial charge on any atom is 0.140 e. The van der Waals surface area contributed by atoms with Crippen molar-refractivity contribution in [1.82, 2.24) is 4.98 Å². The Hall–Kier alpha value is -1.39. The lowest BCUT2D eigenvalue weighted by molar-refractivity contribution is 0.284. The number of aliphatic hydroxyl groups excluding tert-OH is 1. The van der Waals surface area contributed by atoms with Crippen molar-refractivity contribution in [2.24, 2.45) is 0 Å². The average Bonchev–Trinajstić information content (AvgIpc) is 3.25. The first-order chi connectivity index (χ1) is 10.2. The number of benzene rings is 1. The van der Waals surface area contributed by atoms with Crippen LogP contribution in [0.4, 0.5) is 0 Å². The molecular weight excluding hydrogens is 282 g/mol. The largest absolute Gasteiger partial charge is 0.486 e. The molecule has 0 aliphatic heterocycles. The zero-order valence-corrected chi connectivity index (χ0v) is 13.3. The fourth-order valence-electron chi connectivity index (χ4n) is 2.37. The van der Waals surface area contributed by atoms with Crippen LogP contribution in [0, 0.1) is 0 Å². The molecule has 0 radical (unpaired) electrons. The van der Waals surface area contributed by atoms with Crippen molar-refractivity contribution >= 4 is 11.3 Å². The van der Waals surface area contributed by atoms with E-state index in [9.17, 15) is 5.11 Å².